The summed E-state index contributed by atoms with van der Waals surface area (Å²) in [5.74, 6) is 0. The molecule has 8 rings (SSSR count). The van der Waals surface area contributed by atoms with Gasteiger partial charge in [0.15, 0.2) is 12.5 Å². The molecule has 0 bridgehead atoms. The lowest BCUT2D eigenvalue weighted by atomic mass is 9.95. The predicted molar refractivity (Wildman–Crippen MR) is 250 cm³/mol. The lowest BCUT2D eigenvalue weighted by molar-refractivity contribution is -0.362. The highest BCUT2D eigenvalue weighted by Gasteiger charge is 2.54. The highest BCUT2D eigenvalue weighted by Crippen LogP contribution is 2.37. The molecule has 2 saturated heterocycles. The quantitative estimate of drug-likeness (QED) is 0.0374. The van der Waals surface area contributed by atoms with Gasteiger partial charge in [-0.2, -0.15) is 0 Å². The Hall–Kier alpha value is -5.77. The maximum Gasteiger partial charge on any atom is 0.187 e. The van der Waals surface area contributed by atoms with E-state index in [4.69, 9.17) is 42.6 Å². The molecular formula is C54H57N3O10. The Morgan fingerprint density at radius 2 is 0.776 bits per heavy atom. The summed E-state index contributed by atoms with van der Waals surface area (Å²) in [5.41, 5.74) is 15.4. The van der Waals surface area contributed by atoms with Crippen molar-refractivity contribution in [2.45, 2.75) is 101 Å². The van der Waals surface area contributed by atoms with Crippen molar-refractivity contribution in [3.63, 3.8) is 0 Å². The molecule has 2 aliphatic heterocycles. The zero-order chi connectivity index (χ0) is 45.9. The van der Waals surface area contributed by atoms with Crippen LogP contribution in [0, 0.1) is 0 Å². The number of benzene rings is 6. The van der Waals surface area contributed by atoms with E-state index in [1.165, 1.54) is 0 Å². The van der Waals surface area contributed by atoms with Crippen molar-refractivity contribution in [2.75, 3.05) is 13.2 Å². The van der Waals surface area contributed by atoms with Gasteiger partial charge < -0.3 is 47.7 Å². The van der Waals surface area contributed by atoms with E-state index in [0.29, 0.717) is 6.61 Å². The van der Waals surface area contributed by atoms with E-state index < -0.39 is 68.0 Å². The van der Waals surface area contributed by atoms with Crippen molar-refractivity contribution in [2.24, 2.45) is 5.11 Å². The molecule has 6 aromatic carbocycles. The maximum atomic E-state index is 11.1. The summed E-state index contributed by atoms with van der Waals surface area (Å²) in [6.45, 7) is 0.864. The molecule has 1 N–H and O–H groups in total. The molecular weight excluding hydrogens is 851 g/mol. The smallest absolute Gasteiger partial charge is 0.187 e. The fourth-order valence-corrected chi connectivity index (χ4v) is 8.26. The van der Waals surface area contributed by atoms with Crippen LogP contribution in [0.1, 0.15) is 33.4 Å². The van der Waals surface area contributed by atoms with Gasteiger partial charge in [0.2, 0.25) is 0 Å². The fraction of sp³-hybridized carbons (Fsp3) is 0.333. The number of nitrogens with zero attached hydrogens (tertiary/aromatic N) is 3. The van der Waals surface area contributed by atoms with E-state index in [0.717, 1.165) is 33.4 Å². The third-order valence-corrected chi connectivity index (χ3v) is 11.7. The molecule has 13 heteroatoms. The molecule has 1 unspecified atom stereocenters. The number of hydrogen-bond acceptors (Lipinski definition) is 11. The van der Waals surface area contributed by atoms with Gasteiger partial charge in [0.25, 0.3) is 0 Å². The second-order valence-corrected chi connectivity index (χ2v) is 16.4. The minimum atomic E-state index is -1.18. The van der Waals surface area contributed by atoms with Crippen molar-refractivity contribution in [1.29, 1.82) is 0 Å². The summed E-state index contributed by atoms with van der Waals surface area (Å²) in [7, 11) is 0. The van der Waals surface area contributed by atoms with Crippen molar-refractivity contribution in [3.8, 4) is 0 Å². The molecule has 0 amide bonds. The summed E-state index contributed by atoms with van der Waals surface area (Å²) in [5, 5.41) is 15.1. The molecule has 0 aliphatic carbocycles. The average Bonchev–Trinajstić information content (AvgIpc) is 3.38. The molecule has 0 radical (unpaired) electrons. The normalized spacial score (nSPS) is 25.0. The molecule has 10 atom stereocenters. The second-order valence-electron chi connectivity index (χ2n) is 16.4. The first-order valence-electron chi connectivity index (χ1n) is 22.7. The number of aliphatic hydroxyl groups is 1. The summed E-state index contributed by atoms with van der Waals surface area (Å²) in [4.78, 5) is 3.11. The van der Waals surface area contributed by atoms with Crippen LogP contribution in [0.5, 0.6) is 0 Å². The van der Waals surface area contributed by atoms with E-state index in [9.17, 15) is 10.6 Å². The summed E-state index contributed by atoms with van der Waals surface area (Å²) in [6, 6.07) is 58.9. The molecule has 2 aliphatic rings. The molecule has 2 fully saturated rings. The van der Waals surface area contributed by atoms with Gasteiger partial charge in [-0.25, -0.2) is 0 Å². The summed E-state index contributed by atoms with van der Waals surface area (Å²) < 4.78 is 61.2. The van der Waals surface area contributed by atoms with E-state index in [1.54, 1.807) is 0 Å². The van der Waals surface area contributed by atoms with Crippen molar-refractivity contribution in [3.05, 3.63) is 226 Å². The van der Waals surface area contributed by atoms with Gasteiger partial charge in [-0.1, -0.05) is 187 Å². The molecule has 6 aromatic rings. The van der Waals surface area contributed by atoms with Crippen molar-refractivity contribution >= 4 is 0 Å². The highest BCUT2D eigenvalue weighted by molar-refractivity contribution is 5.18. The van der Waals surface area contributed by atoms with E-state index in [1.807, 2.05) is 182 Å². The largest absolute Gasteiger partial charge is 0.394 e. The third-order valence-electron chi connectivity index (χ3n) is 11.7. The van der Waals surface area contributed by atoms with Gasteiger partial charge in [-0.3, -0.25) is 0 Å². The standard InChI is InChI=1S/C54H57N3O10/c55-57-56-53-51(63-36-43-27-15-5-16-28-43)50(62-35-42-25-13-4-14-26-42)48(45(31-58)65-53)67-54-52(64-37-44-29-17-6-18-30-44)49(61-34-41-23-11-3-12-24-41)47(60-33-40-21-9-2-10-22-40)46(66-54)38-59-32-39-19-7-1-8-20-39/h1-30,45-54,58H,31-38H2/t45-,46-,47-,48-,49+,50+,51-,52-,53?,54-/m1/s1. The first-order valence-corrected chi connectivity index (χ1v) is 22.7. The topological polar surface area (TPSA) is 152 Å². The Labute approximate surface area is 391 Å². The molecule has 0 saturated carbocycles. The SMILES string of the molecule is [N-]=[N+]=NC1O[C@H](CO)[C@@H](O[C@H]2O[C@H](COCc3ccccc3)[C@@H](OCc3ccccc3)[C@H](OCc3ccccc3)[C@H]2OCc2ccccc2)[C@H](OCc2ccccc2)[C@H]1OCc1ccccc1. The van der Waals surface area contributed by atoms with Crippen molar-refractivity contribution < 1.29 is 47.7 Å². The third kappa shape index (κ3) is 13.7. The van der Waals surface area contributed by atoms with Crippen LogP contribution in [0.3, 0.4) is 0 Å². The lowest BCUT2D eigenvalue weighted by Crippen LogP contribution is -2.66. The fourth-order valence-electron chi connectivity index (χ4n) is 8.26. The number of rotatable bonds is 23. The minimum Gasteiger partial charge on any atom is -0.394 e. The summed E-state index contributed by atoms with van der Waals surface area (Å²) >= 11 is 0. The van der Waals surface area contributed by atoms with Gasteiger partial charge in [0, 0.05) is 4.91 Å². The van der Waals surface area contributed by atoms with Gasteiger partial charge in [-0.05, 0) is 38.9 Å². The Balaban J connectivity index is 1.18. The Kier molecular flexibility index (Phi) is 18.1. The highest BCUT2D eigenvalue weighted by atomic mass is 16.7. The number of ether oxygens (including phenoxy) is 9. The zero-order valence-corrected chi connectivity index (χ0v) is 37.2. The van der Waals surface area contributed by atoms with Gasteiger partial charge in [0.1, 0.15) is 48.8 Å². The van der Waals surface area contributed by atoms with Gasteiger partial charge in [-0.15, -0.1) is 0 Å². The monoisotopic (exact) mass is 907 g/mol. The van der Waals surface area contributed by atoms with Crippen LogP contribution >= 0.6 is 0 Å². The van der Waals surface area contributed by atoms with Crippen LogP contribution in [0.2, 0.25) is 0 Å². The first-order chi connectivity index (χ1) is 33.1. The first kappa shape index (κ1) is 47.7. The van der Waals surface area contributed by atoms with Gasteiger partial charge >= 0.3 is 0 Å². The Morgan fingerprint density at radius 3 is 1.18 bits per heavy atom. The van der Waals surface area contributed by atoms with E-state index >= 15 is 0 Å². The molecule has 348 valence electrons. The Bertz CT molecular complexity index is 2350. The van der Waals surface area contributed by atoms with Crippen LogP contribution in [0.25, 0.3) is 10.4 Å². The number of azide groups is 1. The Morgan fingerprint density at radius 1 is 0.418 bits per heavy atom. The van der Waals surface area contributed by atoms with Crippen LogP contribution in [0.4, 0.5) is 0 Å². The molecule has 0 spiro atoms. The minimum absolute atomic E-state index is 0.102. The average molecular weight is 908 g/mol. The van der Waals surface area contributed by atoms with Crippen molar-refractivity contribution in [1.82, 2.24) is 0 Å². The molecule has 67 heavy (non-hydrogen) atoms. The molecule has 13 nitrogen and oxygen atoms in total. The zero-order valence-electron chi connectivity index (χ0n) is 37.2. The summed E-state index contributed by atoms with van der Waals surface area (Å²) in [6.07, 6.45) is -9.63. The second kappa shape index (κ2) is 25.4. The van der Waals surface area contributed by atoms with E-state index in [2.05, 4.69) is 10.0 Å². The van der Waals surface area contributed by atoms with Crippen LogP contribution < -0.4 is 0 Å². The van der Waals surface area contributed by atoms with Crippen LogP contribution in [0.15, 0.2) is 187 Å². The van der Waals surface area contributed by atoms with Crippen LogP contribution in [-0.4, -0.2) is 79.7 Å². The van der Waals surface area contributed by atoms with Crippen LogP contribution in [-0.2, 0) is 82.3 Å². The lowest BCUT2D eigenvalue weighted by Gasteiger charge is -2.49. The molecule has 2 heterocycles. The number of aliphatic hydroxyl groups excluding tert-OH is 1. The molecule has 0 aromatic heterocycles. The maximum absolute atomic E-state index is 11.1. The van der Waals surface area contributed by atoms with Gasteiger partial charge in [0.05, 0.1) is 52.9 Å². The van der Waals surface area contributed by atoms with E-state index in [-0.39, 0.29) is 39.6 Å². The number of hydrogen-bond donors (Lipinski definition) is 1. The predicted octanol–water partition coefficient (Wildman–Crippen LogP) is 9.27.